The van der Waals surface area contributed by atoms with Crippen LogP contribution in [0.5, 0.6) is 0 Å². The molecule has 3 heteroatoms. The van der Waals surface area contributed by atoms with Gasteiger partial charge in [-0.2, -0.15) is 0 Å². The summed E-state index contributed by atoms with van der Waals surface area (Å²) in [7, 11) is 0. The Morgan fingerprint density at radius 3 is 2.85 bits per heavy atom. The van der Waals surface area contributed by atoms with E-state index in [1.165, 1.54) is 12.8 Å². The van der Waals surface area contributed by atoms with E-state index in [1.807, 2.05) is 6.92 Å². The number of hydrogen-bond donors (Lipinski definition) is 1. The molecule has 0 aliphatic heterocycles. The summed E-state index contributed by atoms with van der Waals surface area (Å²) < 4.78 is 5.17. The Kier molecular flexibility index (Phi) is 4.22. The van der Waals surface area contributed by atoms with Crippen molar-refractivity contribution in [1.82, 2.24) is 5.32 Å². The van der Waals surface area contributed by atoms with Crippen molar-refractivity contribution in [3.8, 4) is 0 Å². The van der Waals surface area contributed by atoms with E-state index in [0.717, 1.165) is 12.8 Å². The van der Waals surface area contributed by atoms with Crippen molar-refractivity contribution in [1.29, 1.82) is 0 Å². The third-order valence-electron chi connectivity index (χ3n) is 2.14. The number of ether oxygens (including phenoxy) is 1. The quantitative estimate of drug-likeness (QED) is 0.637. The van der Waals surface area contributed by atoms with Crippen molar-refractivity contribution in [3.63, 3.8) is 0 Å². The first kappa shape index (κ1) is 10.5. The number of carbonyl (C=O) groups excluding carboxylic acids is 1. The Balaban J connectivity index is 2.01. The lowest BCUT2D eigenvalue weighted by molar-refractivity contribution is -0.147. The predicted molar refractivity (Wildman–Crippen MR) is 51.5 cm³/mol. The predicted octanol–water partition coefficient (Wildman–Crippen LogP) is 1.47. The second-order valence-corrected chi connectivity index (χ2v) is 3.74. The maximum Gasteiger partial charge on any atom is 0.320 e. The van der Waals surface area contributed by atoms with E-state index in [-0.39, 0.29) is 12.1 Å². The van der Waals surface area contributed by atoms with E-state index in [4.69, 9.17) is 4.74 Å². The molecule has 1 saturated carbocycles. The van der Waals surface area contributed by atoms with Gasteiger partial charge in [0.2, 0.25) is 0 Å². The molecule has 0 spiro atoms. The fourth-order valence-electron chi connectivity index (χ4n) is 1.25. The maximum absolute atomic E-state index is 11.2. The minimum Gasteiger partial charge on any atom is -0.462 e. The molecule has 0 heterocycles. The molecular formula is C10H19NO2. The lowest BCUT2D eigenvalue weighted by Crippen LogP contribution is -2.28. The first-order chi connectivity index (χ1) is 6.22. The van der Waals surface area contributed by atoms with Crippen LogP contribution < -0.4 is 5.32 Å². The molecule has 1 fully saturated rings. The molecular weight excluding hydrogens is 166 g/mol. The molecule has 1 aliphatic rings. The average molecular weight is 185 g/mol. The van der Waals surface area contributed by atoms with E-state index in [9.17, 15) is 4.79 Å². The Labute approximate surface area is 79.8 Å². The summed E-state index contributed by atoms with van der Waals surface area (Å²) >= 11 is 0. The third kappa shape index (κ3) is 4.88. The summed E-state index contributed by atoms with van der Waals surface area (Å²) in [6.45, 7) is 4.41. The van der Waals surface area contributed by atoms with E-state index >= 15 is 0 Å². The molecule has 0 radical (unpaired) electrons. The fraction of sp³-hybridized carbons (Fsp3) is 0.900. The van der Waals surface area contributed by atoms with Gasteiger partial charge in [0.25, 0.3) is 0 Å². The molecule has 1 unspecified atom stereocenters. The summed E-state index contributed by atoms with van der Waals surface area (Å²) in [5, 5.41) is 3.13. The highest BCUT2D eigenvalue weighted by atomic mass is 16.5. The van der Waals surface area contributed by atoms with Gasteiger partial charge in [-0.1, -0.05) is 13.3 Å². The molecule has 0 aromatic heterocycles. The van der Waals surface area contributed by atoms with Gasteiger partial charge in [-0.05, 0) is 26.2 Å². The molecule has 0 aromatic carbocycles. The monoisotopic (exact) mass is 185 g/mol. The number of esters is 1. The highest BCUT2D eigenvalue weighted by Crippen LogP contribution is 2.18. The molecule has 0 aromatic rings. The van der Waals surface area contributed by atoms with Gasteiger partial charge in [0, 0.05) is 6.04 Å². The van der Waals surface area contributed by atoms with Crippen molar-refractivity contribution in [2.45, 2.75) is 51.7 Å². The SMILES string of the molecule is CCCC(C)OC(=O)CNC1CC1. The molecule has 1 atom stereocenters. The molecule has 1 N–H and O–H groups in total. The Morgan fingerprint density at radius 2 is 2.31 bits per heavy atom. The Bertz CT molecular complexity index is 166. The Hall–Kier alpha value is -0.570. The van der Waals surface area contributed by atoms with Gasteiger partial charge in [-0.25, -0.2) is 0 Å². The second-order valence-electron chi connectivity index (χ2n) is 3.74. The third-order valence-corrected chi connectivity index (χ3v) is 2.14. The van der Waals surface area contributed by atoms with E-state index in [0.29, 0.717) is 12.6 Å². The molecule has 0 bridgehead atoms. The van der Waals surface area contributed by atoms with Gasteiger partial charge in [-0.15, -0.1) is 0 Å². The molecule has 76 valence electrons. The van der Waals surface area contributed by atoms with Crippen LogP contribution in [-0.4, -0.2) is 24.7 Å². The smallest absolute Gasteiger partial charge is 0.320 e. The highest BCUT2D eigenvalue weighted by Gasteiger charge is 2.21. The largest absolute Gasteiger partial charge is 0.462 e. The van der Waals surface area contributed by atoms with Crippen LogP contribution in [0, 0.1) is 0 Å². The zero-order chi connectivity index (χ0) is 9.68. The number of rotatable bonds is 6. The fourth-order valence-corrected chi connectivity index (χ4v) is 1.25. The van der Waals surface area contributed by atoms with Crippen molar-refractivity contribution < 1.29 is 9.53 Å². The van der Waals surface area contributed by atoms with Gasteiger partial charge < -0.3 is 10.1 Å². The van der Waals surface area contributed by atoms with Gasteiger partial charge in [0.1, 0.15) is 0 Å². The number of carbonyl (C=O) groups is 1. The van der Waals surface area contributed by atoms with Gasteiger partial charge in [-0.3, -0.25) is 4.79 Å². The van der Waals surface area contributed by atoms with Crippen LogP contribution in [0.1, 0.15) is 39.5 Å². The van der Waals surface area contributed by atoms with Crippen LogP contribution in [0.3, 0.4) is 0 Å². The molecule has 3 nitrogen and oxygen atoms in total. The maximum atomic E-state index is 11.2. The molecule has 0 saturated heterocycles. The summed E-state index contributed by atoms with van der Waals surface area (Å²) in [6, 6.07) is 0.578. The van der Waals surface area contributed by atoms with E-state index in [1.54, 1.807) is 0 Å². The summed E-state index contributed by atoms with van der Waals surface area (Å²) in [4.78, 5) is 11.2. The minimum atomic E-state index is -0.118. The van der Waals surface area contributed by atoms with Crippen LogP contribution in [0.2, 0.25) is 0 Å². The first-order valence-corrected chi connectivity index (χ1v) is 5.15. The highest BCUT2D eigenvalue weighted by molar-refractivity contribution is 5.71. The van der Waals surface area contributed by atoms with Gasteiger partial charge in [0.05, 0.1) is 12.6 Å². The number of hydrogen-bond acceptors (Lipinski definition) is 3. The zero-order valence-corrected chi connectivity index (χ0v) is 8.51. The molecule has 0 amide bonds. The average Bonchev–Trinajstić information content (AvgIpc) is 2.84. The van der Waals surface area contributed by atoms with Crippen LogP contribution in [0.25, 0.3) is 0 Å². The van der Waals surface area contributed by atoms with Crippen LogP contribution in [0.15, 0.2) is 0 Å². The van der Waals surface area contributed by atoms with E-state index in [2.05, 4.69) is 12.2 Å². The molecule has 13 heavy (non-hydrogen) atoms. The lowest BCUT2D eigenvalue weighted by Gasteiger charge is -2.12. The summed E-state index contributed by atoms with van der Waals surface area (Å²) in [6.07, 6.45) is 4.49. The van der Waals surface area contributed by atoms with Crippen molar-refractivity contribution >= 4 is 5.97 Å². The molecule has 1 aliphatic carbocycles. The van der Waals surface area contributed by atoms with Gasteiger partial charge >= 0.3 is 5.97 Å². The van der Waals surface area contributed by atoms with Crippen molar-refractivity contribution in [3.05, 3.63) is 0 Å². The normalized spacial score (nSPS) is 18.3. The topological polar surface area (TPSA) is 38.3 Å². The second kappa shape index (κ2) is 5.22. The minimum absolute atomic E-state index is 0.0681. The zero-order valence-electron chi connectivity index (χ0n) is 8.51. The van der Waals surface area contributed by atoms with Crippen LogP contribution in [0.4, 0.5) is 0 Å². The summed E-state index contributed by atoms with van der Waals surface area (Å²) in [5.74, 6) is -0.118. The Morgan fingerprint density at radius 1 is 1.62 bits per heavy atom. The van der Waals surface area contributed by atoms with Gasteiger partial charge in [0.15, 0.2) is 0 Å². The standard InChI is InChI=1S/C10H19NO2/c1-3-4-8(2)13-10(12)7-11-9-5-6-9/h8-9,11H,3-7H2,1-2H3. The van der Waals surface area contributed by atoms with E-state index < -0.39 is 0 Å². The summed E-state index contributed by atoms with van der Waals surface area (Å²) in [5.41, 5.74) is 0. The van der Waals surface area contributed by atoms with Crippen molar-refractivity contribution in [2.75, 3.05) is 6.54 Å². The lowest BCUT2D eigenvalue weighted by atomic mass is 10.2. The van der Waals surface area contributed by atoms with Crippen molar-refractivity contribution in [2.24, 2.45) is 0 Å². The van der Waals surface area contributed by atoms with Crippen LogP contribution in [-0.2, 0) is 9.53 Å². The molecule has 1 rings (SSSR count). The number of nitrogens with one attached hydrogen (secondary N) is 1. The van der Waals surface area contributed by atoms with Crippen LogP contribution >= 0.6 is 0 Å². The first-order valence-electron chi connectivity index (χ1n) is 5.15.